The first-order valence-corrected chi connectivity index (χ1v) is 13.9. The quantitative estimate of drug-likeness (QED) is 0.384. The van der Waals surface area contributed by atoms with E-state index in [1.54, 1.807) is 12.5 Å². The molecule has 0 radical (unpaired) electrons. The van der Waals surface area contributed by atoms with Gasteiger partial charge in [0.1, 0.15) is 27.4 Å². The lowest BCUT2D eigenvalue weighted by Crippen LogP contribution is -2.64. The van der Waals surface area contributed by atoms with Gasteiger partial charge in [-0.2, -0.15) is 10.4 Å². The van der Waals surface area contributed by atoms with E-state index in [9.17, 15) is 9.47 Å². The lowest BCUT2D eigenvalue weighted by atomic mass is 9.89. The van der Waals surface area contributed by atoms with Crippen molar-refractivity contribution >= 4 is 20.9 Å². The molecule has 2 saturated carbocycles. The highest BCUT2D eigenvalue weighted by atomic mass is 32.2. The van der Waals surface area contributed by atoms with Crippen molar-refractivity contribution < 1.29 is 4.21 Å². The Hall–Kier alpha value is -3.55. The van der Waals surface area contributed by atoms with Crippen LogP contribution in [0.3, 0.4) is 0 Å². The summed E-state index contributed by atoms with van der Waals surface area (Å²) in [5.41, 5.74) is 3.02. The third-order valence-electron chi connectivity index (χ3n) is 7.38. The number of aromatic nitrogens is 5. The molecule has 3 aromatic heterocycles. The van der Waals surface area contributed by atoms with Crippen LogP contribution in [0.4, 0.5) is 0 Å². The highest BCUT2D eigenvalue weighted by Gasteiger charge is 2.53. The molecule has 10 heteroatoms. The number of hydrogen-bond acceptors (Lipinski definition) is 6. The summed E-state index contributed by atoms with van der Waals surface area (Å²) in [7, 11) is -2.38. The van der Waals surface area contributed by atoms with E-state index in [4.69, 9.17) is 4.36 Å². The van der Waals surface area contributed by atoms with Crippen LogP contribution in [0.15, 0.2) is 65.7 Å². The number of benzene rings is 1. The van der Waals surface area contributed by atoms with E-state index in [2.05, 4.69) is 21.1 Å². The van der Waals surface area contributed by atoms with Crippen LogP contribution in [0.5, 0.6) is 0 Å². The highest BCUT2D eigenvalue weighted by Crippen LogP contribution is 2.43. The fourth-order valence-electron chi connectivity index (χ4n) is 5.10. The van der Waals surface area contributed by atoms with Crippen LogP contribution in [0.25, 0.3) is 28.0 Å². The van der Waals surface area contributed by atoms with Gasteiger partial charge < -0.3 is 4.57 Å². The Kier molecular flexibility index (Phi) is 4.81. The molecule has 3 fully saturated rings. The Balaban J connectivity index is 1.21. The SMILES string of the molecule is N#CCC1(n2cc(-c3ncnc4c3ccn4-c3ccccc3)cn2)CN(S(=O)(=NC2CC2)C2CC2)C1. The first-order chi connectivity index (χ1) is 17.6. The van der Waals surface area contributed by atoms with Gasteiger partial charge in [0.25, 0.3) is 0 Å². The molecule has 4 heterocycles. The van der Waals surface area contributed by atoms with Gasteiger partial charge in [0.15, 0.2) is 0 Å². The van der Waals surface area contributed by atoms with Gasteiger partial charge >= 0.3 is 0 Å². The van der Waals surface area contributed by atoms with Crippen molar-refractivity contribution in [2.45, 2.75) is 48.9 Å². The third-order valence-corrected chi connectivity index (χ3v) is 10.3. The maximum Gasteiger partial charge on any atom is 0.148 e. The van der Waals surface area contributed by atoms with Crippen molar-refractivity contribution in [2.24, 2.45) is 4.36 Å². The van der Waals surface area contributed by atoms with E-state index < -0.39 is 15.5 Å². The van der Waals surface area contributed by atoms with Gasteiger partial charge in [-0.1, -0.05) is 18.2 Å². The summed E-state index contributed by atoms with van der Waals surface area (Å²) in [6.07, 6.45) is 11.7. The number of para-hydroxylation sites is 1. The van der Waals surface area contributed by atoms with Crippen molar-refractivity contribution in [3.63, 3.8) is 0 Å². The molecule has 2 aliphatic carbocycles. The summed E-state index contributed by atoms with van der Waals surface area (Å²) in [6, 6.07) is 14.7. The van der Waals surface area contributed by atoms with Crippen molar-refractivity contribution in [1.29, 1.82) is 5.26 Å². The summed E-state index contributed by atoms with van der Waals surface area (Å²) in [6.45, 7) is 1.05. The lowest BCUT2D eigenvalue weighted by molar-refractivity contribution is 0.0746. The predicted octanol–water partition coefficient (Wildman–Crippen LogP) is 3.92. The van der Waals surface area contributed by atoms with Crippen molar-refractivity contribution in [3.8, 4) is 23.0 Å². The fraction of sp³-hybridized carbons (Fsp3) is 0.385. The fourth-order valence-corrected chi connectivity index (χ4v) is 8.06. The zero-order valence-electron chi connectivity index (χ0n) is 19.8. The Morgan fingerprint density at radius 1 is 1.11 bits per heavy atom. The monoisotopic (exact) mass is 498 g/mol. The van der Waals surface area contributed by atoms with Crippen LogP contribution < -0.4 is 0 Å². The van der Waals surface area contributed by atoms with Crippen molar-refractivity contribution in [3.05, 3.63) is 61.3 Å². The van der Waals surface area contributed by atoms with Gasteiger partial charge in [-0.3, -0.25) is 4.68 Å². The molecular formula is C26H26N8OS. The molecule has 4 aromatic rings. The number of hydrogen-bond donors (Lipinski definition) is 0. The normalized spacial score (nSPS) is 21.0. The Bertz CT molecular complexity index is 1610. The smallest absolute Gasteiger partial charge is 0.148 e. The number of fused-ring (bicyclic) bond motifs is 1. The minimum atomic E-state index is -2.38. The largest absolute Gasteiger partial charge is 0.301 e. The van der Waals surface area contributed by atoms with Gasteiger partial charge in [-0.05, 0) is 43.9 Å². The Labute approximate surface area is 209 Å². The molecule has 1 aliphatic heterocycles. The number of nitriles is 1. The van der Waals surface area contributed by atoms with Crippen LogP contribution in [-0.2, 0) is 15.5 Å². The zero-order chi connectivity index (χ0) is 24.3. The summed E-state index contributed by atoms with van der Waals surface area (Å²) < 4.78 is 24.5. The van der Waals surface area contributed by atoms with E-state index in [1.807, 2.05) is 62.3 Å². The zero-order valence-corrected chi connectivity index (χ0v) is 20.6. The molecule has 3 aliphatic rings. The molecule has 36 heavy (non-hydrogen) atoms. The summed E-state index contributed by atoms with van der Waals surface area (Å²) >= 11 is 0. The second-order valence-corrected chi connectivity index (χ2v) is 12.6. The molecule has 7 rings (SSSR count). The first kappa shape index (κ1) is 21.7. The Morgan fingerprint density at radius 2 is 1.92 bits per heavy atom. The van der Waals surface area contributed by atoms with E-state index in [0.29, 0.717) is 19.5 Å². The average Bonchev–Trinajstić information content (AvgIpc) is 3.80. The van der Waals surface area contributed by atoms with Crippen LogP contribution in [-0.4, -0.2) is 57.2 Å². The number of rotatable bonds is 7. The minimum Gasteiger partial charge on any atom is -0.301 e. The Morgan fingerprint density at radius 3 is 2.64 bits per heavy atom. The lowest BCUT2D eigenvalue weighted by Gasteiger charge is -2.49. The molecule has 0 bridgehead atoms. The van der Waals surface area contributed by atoms with Crippen LogP contribution in [0, 0.1) is 11.3 Å². The second-order valence-electron chi connectivity index (χ2n) is 10.1. The van der Waals surface area contributed by atoms with Gasteiger partial charge in [0.2, 0.25) is 0 Å². The second kappa shape index (κ2) is 7.98. The first-order valence-electron chi connectivity index (χ1n) is 12.4. The molecule has 1 unspecified atom stereocenters. The molecule has 0 spiro atoms. The maximum atomic E-state index is 13.8. The summed E-state index contributed by atoms with van der Waals surface area (Å²) in [5.74, 6) is 0. The van der Waals surface area contributed by atoms with Crippen LogP contribution in [0.2, 0.25) is 0 Å². The van der Waals surface area contributed by atoms with Crippen molar-refractivity contribution in [1.82, 2.24) is 28.6 Å². The average molecular weight is 499 g/mol. The molecule has 182 valence electrons. The summed E-state index contributed by atoms with van der Waals surface area (Å²) in [5, 5.41) is 15.4. The standard InChI is InChI=1S/C26H26N8OS/c27-12-11-26(16-32(17-26)36(35,22-8-9-22)31-20-6-7-20)34-15-19(14-30-34)24-23-10-13-33(25(23)29-18-28-24)21-4-2-1-3-5-21/h1-5,10,13-15,18,20,22H,6-9,11,16-17H2. The molecule has 1 aromatic carbocycles. The molecular weight excluding hydrogens is 472 g/mol. The van der Waals surface area contributed by atoms with E-state index in [0.717, 1.165) is 53.7 Å². The van der Waals surface area contributed by atoms with E-state index >= 15 is 0 Å². The van der Waals surface area contributed by atoms with Gasteiger partial charge in [0, 0.05) is 42.1 Å². The van der Waals surface area contributed by atoms with Gasteiger partial charge in [-0.15, -0.1) is 0 Å². The van der Waals surface area contributed by atoms with Crippen LogP contribution >= 0.6 is 0 Å². The topological polar surface area (TPSA) is 105 Å². The maximum absolute atomic E-state index is 13.8. The minimum absolute atomic E-state index is 0.175. The molecule has 9 nitrogen and oxygen atoms in total. The van der Waals surface area contributed by atoms with Gasteiger partial charge in [0.05, 0.1) is 35.7 Å². The molecule has 1 saturated heterocycles. The molecule has 0 amide bonds. The predicted molar refractivity (Wildman–Crippen MR) is 136 cm³/mol. The van der Waals surface area contributed by atoms with Gasteiger partial charge in [-0.25, -0.2) is 22.8 Å². The van der Waals surface area contributed by atoms with Crippen LogP contribution in [0.1, 0.15) is 32.1 Å². The molecule has 1 atom stereocenters. The molecule has 0 N–H and O–H groups in total. The number of nitrogens with zero attached hydrogens (tertiary/aromatic N) is 8. The summed E-state index contributed by atoms with van der Waals surface area (Å²) in [4.78, 5) is 9.12. The highest BCUT2D eigenvalue weighted by molar-refractivity contribution is 7.92. The van der Waals surface area contributed by atoms with E-state index in [1.165, 1.54) is 0 Å². The third kappa shape index (κ3) is 3.45. The van der Waals surface area contributed by atoms with E-state index in [-0.39, 0.29) is 11.3 Å². The van der Waals surface area contributed by atoms with Crippen molar-refractivity contribution in [2.75, 3.05) is 13.1 Å².